The number of rotatable bonds is 6. The zero-order valence-electron chi connectivity index (χ0n) is 14.1. The average molecular weight is 368 g/mol. The van der Waals surface area contributed by atoms with Gasteiger partial charge in [0.15, 0.2) is 0 Å². The Balaban J connectivity index is 1.45. The molecule has 26 heavy (non-hydrogen) atoms. The van der Waals surface area contributed by atoms with Gasteiger partial charge in [0.05, 0.1) is 24.4 Å². The summed E-state index contributed by atoms with van der Waals surface area (Å²) in [4.78, 5) is 23.5. The number of halogens is 1. The molecule has 6 heteroatoms. The van der Waals surface area contributed by atoms with Crippen molar-refractivity contribution in [2.75, 3.05) is 0 Å². The third-order valence-electron chi connectivity index (χ3n) is 4.34. The molecule has 0 bridgehead atoms. The predicted octanol–water partition coefficient (Wildman–Crippen LogP) is 4.12. The zero-order valence-corrected chi connectivity index (χ0v) is 14.9. The van der Waals surface area contributed by atoms with Gasteiger partial charge in [0.25, 0.3) is 0 Å². The van der Waals surface area contributed by atoms with Crippen LogP contribution in [-0.4, -0.2) is 26.8 Å². The molecule has 1 saturated carbocycles. The molecule has 1 aromatic carbocycles. The Labute approximate surface area is 156 Å². The minimum Gasteiger partial charge on any atom is -0.444 e. The second kappa shape index (κ2) is 7.30. The van der Waals surface area contributed by atoms with Crippen molar-refractivity contribution >= 4 is 17.5 Å². The van der Waals surface area contributed by atoms with Crippen molar-refractivity contribution in [1.29, 1.82) is 0 Å². The van der Waals surface area contributed by atoms with Crippen LogP contribution in [0.2, 0.25) is 5.02 Å². The first-order valence-electron chi connectivity index (χ1n) is 8.59. The van der Waals surface area contributed by atoms with Crippen molar-refractivity contribution in [3.8, 4) is 11.5 Å². The lowest BCUT2D eigenvalue weighted by molar-refractivity contribution is -0.131. The highest BCUT2D eigenvalue weighted by Gasteiger charge is 2.33. The summed E-state index contributed by atoms with van der Waals surface area (Å²) >= 11 is 5.90. The van der Waals surface area contributed by atoms with E-state index in [0.717, 1.165) is 24.1 Å². The topological polar surface area (TPSA) is 59.2 Å². The standard InChI is InChI=1S/C20H18ClN3O2/c21-15-6-4-14(5-7-15)20-23-17(13-26-20)11-19(25)24(18-8-9-18)12-16-3-1-2-10-22-16/h1-7,10,13,18H,8-9,11-12H2. The predicted molar refractivity (Wildman–Crippen MR) is 98.5 cm³/mol. The first kappa shape index (κ1) is 16.8. The van der Waals surface area contributed by atoms with E-state index in [0.29, 0.717) is 29.2 Å². The van der Waals surface area contributed by atoms with Crippen LogP contribution in [0, 0.1) is 0 Å². The molecule has 2 heterocycles. The van der Waals surface area contributed by atoms with Crippen LogP contribution in [0.5, 0.6) is 0 Å². The van der Waals surface area contributed by atoms with Gasteiger partial charge in [-0.25, -0.2) is 4.98 Å². The molecule has 0 spiro atoms. The van der Waals surface area contributed by atoms with Crippen LogP contribution in [0.15, 0.2) is 59.3 Å². The molecule has 4 rings (SSSR count). The van der Waals surface area contributed by atoms with Crippen LogP contribution >= 0.6 is 11.6 Å². The first-order valence-corrected chi connectivity index (χ1v) is 8.96. The number of benzene rings is 1. The molecule has 0 atom stereocenters. The van der Waals surface area contributed by atoms with Gasteiger partial charge in [-0.2, -0.15) is 0 Å². The minimum absolute atomic E-state index is 0.0501. The maximum absolute atomic E-state index is 12.8. The van der Waals surface area contributed by atoms with Crippen molar-refractivity contribution < 1.29 is 9.21 Å². The van der Waals surface area contributed by atoms with E-state index in [1.54, 1.807) is 24.6 Å². The van der Waals surface area contributed by atoms with E-state index >= 15 is 0 Å². The highest BCUT2D eigenvalue weighted by Crippen LogP contribution is 2.29. The van der Waals surface area contributed by atoms with Crippen LogP contribution in [0.4, 0.5) is 0 Å². The maximum Gasteiger partial charge on any atom is 0.229 e. The number of aromatic nitrogens is 2. The molecule has 3 aromatic rings. The van der Waals surface area contributed by atoms with Gasteiger partial charge in [0.1, 0.15) is 6.26 Å². The monoisotopic (exact) mass is 367 g/mol. The summed E-state index contributed by atoms with van der Waals surface area (Å²) in [5, 5.41) is 0.658. The second-order valence-electron chi connectivity index (χ2n) is 6.40. The Hall–Kier alpha value is -2.66. The molecule has 1 aliphatic carbocycles. The van der Waals surface area contributed by atoms with Gasteiger partial charge in [-0.15, -0.1) is 0 Å². The van der Waals surface area contributed by atoms with Gasteiger partial charge in [0.2, 0.25) is 11.8 Å². The zero-order chi connectivity index (χ0) is 17.9. The lowest BCUT2D eigenvalue weighted by Gasteiger charge is -2.21. The molecule has 1 aliphatic rings. The second-order valence-corrected chi connectivity index (χ2v) is 6.84. The maximum atomic E-state index is 12.8. The number of hydrogen-bond acceptors (Lipinski definition) is 4. The smallest absolute Gasteiger partial charge is 0.229 e. The van der Waals surface area contributed by atoms with Crippen LogP contribution in [0.3, 0.4) is 0 Å². The molecule has 0 unspecified atom stereocenters. The molecule has 0 radical (unpaired) electrons. The Morgan fingerprint density at radius 3 is 2.65 bits per heavy atom. The fourth-order valence-corrected chi connectivity index (χ4v) is 2.97. The van der Waals surface area contributed by atoms with E-state index in [4.69, 9.17) is 16.0 Å². The number of nitrogens with zero attached hydrogens (tertiary/aromatic N) is 3. The first-order chi connectivity index (χ1) is 12.7. The van der Waals surface area contributed by atoms with Gasteiger partial charge in [-0.05, 0) is 49.2 Å². The molecule has 0 saturated heterocycles. The Morgan fingerprint density at radius 1 is 1.15 bits per heavy atom. The summed E-state index contributed by atoms with van der Waals surface area (Å²) in [6, 6.07) is 13.3. The van der Waals surface area contributed by atoms with E-state index in [1.165, 1.54) is 0 Å². The van der Waals surface area contributed by atoms with Crippen molar-refractivity contribution in [3.05, 3.63) is 71.3 Å². The molecule has 132 valence electrons. The van der Waals surface area contributed by atoms with Crippen molar-refractivity contribution in [3.63, 3.8) is 0 Å². The summed E-state index contributed by atoms with van der Waals surface area (Å²) in [6.45, 7) is 0.534. The number of carbonyl (C=O) groups excluding carboxylic acids is 1. The average Bonchev–Trinajstić information content (AvgIpc) is 3.40. The normalized spacial score (nSPS) is 13.6. The number of oxazole rings is 1. The molecule has 1 amide bonds. The van der Waals surface area contributed by atoms with Gasteiger partial charge in [-0.1, -0.05) is 17.7 Å². The number of carbonyl (C=O) groups is 1. The molecule has 2 aromatic heterocycles. The van der Waals surface area contributed by atoms with E-state index in [1.807, 2.05) is 35.2 Å². The van der Waals surface area contributed by atoms with E-state index in [9.17, 15) is 4.79 Å². The molecule has 0 aliphatic heterocycles. The Kier molecular flexibility index (Phi) is 4.71. The number of amides is 1. The fraction of sp³-hybridized carbons (Fsp3) is 0.250. The largest absolute Gasteiger partial charge is 0.444 e. The van der Waals surface area contributed by atoms with Crippen LogP contribution < -0.4 is 0 Å². The third-order valence-corrected chi connectivity index (χ3v) is 4.59. The summed E-state index contributed by atoms with van der Waals surface area (Å²) in [6.07, 6.45) is 5.62. The lowest BCUT2D eigenvalue weighted by atomic mass is 10.2. The number of hydrogen-bond donors (Lipinski definition) is 0. The highest BCUT2D eigenvalue weighted by atomic mass is 35.5. The van der Waals surface area contributed by atoms with E-state index in [-0.39, 0.29) is 12.3 Å². The molecule has 5 nitrogen and oxygen atoms in total. The number of pyridine rings is 1. The molecule has 1 fully saturated rings. The Bertz CT molecular complexity index is 889. The van der Waals surface area contributed by atoms with Gasteiger partial charge < -0.3 is 9.32 Å². The van der Waals surface area contributed by atoms with E-state index < -0.39 is 0 Å². The summed E-state index contributed by atoms with van der Waals surface area (Å²) in [7, 11) is 0. The summed E-state index contributed by atoms with van der Waals surface area (Å²) in [5.74, 6) is 0.543. The summed E-state index contributed by atoms with van der Waals surface area (Å²) in [5.41, 5.74) is 2.36. The lowest BCUT2D eigenvalue weighted by Crippen LogP contribution is -2.34. The van der Waals surface area contributed by atoms with Crippen LogP contribution in [0.1, 0.15) is 24.2 Å². The van der Waals surface area contributed by atoms with Crippen LogP contribution in [-0.2, 0) is 17.8 Å². The van der Waals surface area contributed by atoms with Crippen molar-refractivity contribution in [2.24, 2.45) is 0 Å². The van der Waals surface area contributed by atoms with Gasteiger partial charge in [-0.3, -0.25) is 9.78 Å². The van der Waals surface area contributed by atoms with Gasteiger partial charge in [0, 0.05) is 22.8 Å². The minimum atomic E-state index is 0.0501. The fourth-order valence-electron chi connectivity index (χ4n) is 2.84. The Morgan fingerprint density at radius 2 is 1.96 bits per heavy atom. The van der Waals surface area contributed by atoms with Crippen molar-refractivity contribution in [1.82, 2.24) is 14.9 Å². The van der Waals surface area contributed by atoms with Gasteiger partial charge >= 0.3 is 0 Å². The summed E-state index contributed by atoms with van der Waals surface area (Å²) < 4.78 is 5.53. The molecular weight excluding hydrogens is 350 g/mol. The van der Waals surface area contributed by atoms with Crippen molar-refractivity contribution in [2.45, 2.75) is 31.8 Å². The molecular formula is C20H18ClN3O2. The molecule has 0 N–H and O–H groups in total. The quantitative estimate of drug-likeness (QED) is 0.657. The SMILES string of the molecule is O=C(Cc1coc(-c2ccc(Cl)cc2)n1)N(Cc1ccccn1)C1CC1. The highest BCUT2D eigenvalue weighted by molar-refractivity contribution is 6.30. The third kappa shape index (κ3) is 3.94. The van der Waals surface area contributed by atoms with E-state index in [2.05, 4.69) is 9.97 Å². The van der Waals surface area contributed by atoms with Crippen LogP contribution in [0.25, 0.3) is 11.5 Å².